The quantitative estimate of drug-likeness (QED) is 0.758. The molecule has 25 heavy (non-hydrogen) atoms. The molecule has 128 valence electrons. The Morgan fingerprint density at radius 3 is 2.52 bits per heavy atom. The first-order valence-corrected chi connectivity index (χ1v) is 9.53. The van der Waals surface area contributed by atoms with E-state index < -0.39 is 5.60 Å². The first kappa shape index (κ1) is 16.3. The largest absolute Gasteiger partial charge is 0.379 e. The van der Waals surface area contributed by atoms with Crippen molar-refractivity contribution in [2.75, 3.05) is 13.1 Å². The Hall–Kier alpha value is -2.17. The van der Waals surface area contributed by atoms with Gasteiger partial charge in [0.15, 0.2) is 0 Å². The maximum Gasteiger partial charge on any atom is 0.226 e. The Morgan fingerprint density at radius 2 is 1.76 bits per heavy atom. The number of thiophene rings is 1. The van der Waals surface area contributed by atoms with Crippen molar-refractivity contribution in [2.45, 2.75) is 25.9 Å². The van der Waals surface area contributed by atoms with Crippen molar-refractivity contribution in [1.82, 2.24) is 4.90 Å². The minimum Gasteiger partial charge on any atom is -0.379 e. The van der Waals surface area contributed by atoms with E-state index in [1.54, 1.807) is 16.2 Å². The highest BCUT2D eigenvalue weighted by molar-refractivity contribution is 7.20. The predicted octanol–water partition coefficient (Wildman–Crippen LogP) is 4.38. The van der Waals surface area contributed by atoms with Crippen LogP contribution < -0.4 is 0 Å². The van der Waals surface area contributed by atoms with Gasteiger partial charge in [0, 0.05) is 28.7 Å². The molecule has 0 fully saturated rings. The molecule has 0 radical (unpaired) electrons. The second kappa shape index (κ2) is 5.97. The lowest BCUT2D eigenvalue weighted by atomic mass is 9.92. The van der Waals surface area contributed by atoms with Gasteiger partial charge >= 0.3 is 0 Å². The molecule has 3 aromatic rings. The van der Waals surface area contributed by atoms with Gasteiger partial charge < -0.3 is 10.0 Å². The number of carbonyl (C=O) groups excluding carboxylic acids is 1. The van der Waals surface area contributed by atoms with Crippen LogP contribution in [-0.4, -0.2) is 29.0 Å². The van der Waals surface area contributed by atoms with Gasteiger partial charge in [-0.3, -0.25) is 4.79 Å². The van der Waals surface area contributed by atoms with Gasteiger partial charge in [0.05, 0.1) is 11.3 Å². The Labute approximate surface area is 151 Å². The maximum atomic E-state index is 12.8. The molecule has 1 atom stereocenters. The number of hydrogen-bond donors (Lipinski definition) is 1. The van der Waals surface area contributed by atoms with Crippen LogP contribution in [0.2, 0.25) is 0 Å². The molecule has 3 nitrogen and oxygen atoms in total. The zero-order valence-corrected chi connectivity index (χ0v) is 15.3. The first-order valence-electron chi connectivity index (χ1n) is 8.72. The molecule has 1 aromatic heterocycles. The summed E-state index contributed by atoms with van der Waals surface area (Å²) in [4.78, 5) is 15.5. The number of aliphatic hydroxyl groups is 1. The van der Waals surface area contributed by atoms with Crippen LogP contribution in [0.25, 0.3) is 21.2 Å². The monoisotopic (exact) mass is 351 g/mol. The van der Waals surface area contributed by atoms with Crippen molar-refractivity contribution in [2.24, 2.45) is 0 Å². The van der Waals surface area contributed by atoms with Crippen molar-refractivity contribution in [3.05, 3.63) is 59.0 Å². The highest BCUT2D eigenvalue weighted by Gasteiger charge is 2.46. The van der Waals surface area contributed by atoms with Crippen LogP contribution in [0.5, 0.6) is 0 Å². The third kappa shape index (κ3) is 2.32. The number of amides is 1. The molecule has 1 heterocycles. The number of rotatable bonds is 4. The molecular weight excluding hydrogens is 330 g/mol. The average molecular weight is 351 g/mol. The van der Waals surface area contributed by atoms with E-state index in [0.717, 1.165) is 31.7 Å². The molecule has 0 saturated carbocycles. The SMILES string of the molecule is CCN(CC)C(=O)C[C@]1(O)c2ccccc2-c2c1sc1ccccc21. The lowest BCUT2D eigenvalue weighted by molar-refractivity contribution is -0.134. The summed E-state index contributed by atoms with van der Waals surface area (Å²) in [6.45, 7) is 5.26. The Bertz CT molecular complexity index is 957. The van der Waals surface area contributed by atoms with E-state index in [2.05, 4.69) is 12.1 Å². The molecule has 0 spiro atoms. The lowest BCUT2D eigenvalue weighted by Gasteiger charge is -2.27. The Morgan fingerprint density at radius 1 is 1.08 bits per heavy atom. The molecule has 4 rings (SSSR count). The maximum absolute atomic E-state index is 12.8. The Balaban J connectivity index is 1.90. The highest BCUT2D eigenvalue weighted by Crippen LogP contribution is 2.55. The van der Waals surface area contributed by atoms with Crippen LogP contribution in [-0.2, 0) is 10.4 Å². The summed E-state index contributed by atoms with van der Waals surface area (Å²) < 4.78 is 1.15. The second-order valence-electron chi connectivity index (χ2n) is 6.45. The van der Waals surface area contributed by atoms with Gasteiger partial charge in [-0.05, 0) is 31.0 Å². The van der Waals surface area contributed by atoms with E-state index in [1.807, 2.05) is 50.2 Å². The Kier molecular flexibility index (Phi) is 3.89. The standard InChI is InChI=1S/C21H21NO2S/c1-3-22(4-2)18(23)13-21(24)16-11-7-5-9-14(16)19-15-10-6-8-12-17(15)25-20(19)21/h5-12,24H,3-4,13H2,1-2H3/t21-/m0/s1. The fourth-order valence-electron chi connectivity index (χ4n) is 3.87. The number of benzene rings is 2. The summed E-state index contributed by atoms with van der Waals surface area (Å²) in [5, 5.41) is 12.8. The van der Waals surface area contributed by atoms with E-state index >= 15 is 0 Å². The van der Waals surface area contributed by atoms with Gasteiger partial charge in [0.25, 0.3) is 0 Å². The fraction of sp³-hybridized carbons (Fsp3) is 0.286. The van der Waals surface area contributed by atoms with Crippen LogP contribution in [0.15, 0.2) is 48.5 Å². The van der Waals surface area contributed by atoms with Crippen molar-refractivity contribution >= 4 is 27.3 Å². The van der Waals surface area contributed by atoms with E-state index in [0.29, 0.717) is 13.1 Å². The zero-order valence-electron chi connectivity index (χ0n) is 14.5. The third-order valence-corrected chi connectivity index (χ3v) is 6.46. The molecule has 1 N–H and O–H groups in total. The third-order valence-electron chi connectivity index (χ3n) is 5.14. The van der Waals surface area contributed by atoms with Crippen LogP contribution in [0, 0.1) is 0 Å². The van der Waals surface area contributed by atoms with Crippen molar-refractivity contribution in [3.63, 3.8) is 0 Å². The summed E-state index contributed by atoms with van der Waals surface area (Å²) in [6, 6.07) is 16.1. The molecule has 0 saturated heterocycles. The summed E-state index contributed by atoms with van der Waals surface area (Å²) in [7, 11) is 0. The molecule has 0 bridgehead atoms. The van der Waals surface area contributed by atoms with E-state index in [9.17, 15) is 9.90 Å². The highest BCUT2D eigenvalue weighted by atomic mass is 32.1. The summed E-state index contributed by atoms with van der Waals surface area (Å²) in [5.41, 5.74) is 1.74. The number of hydrogen-bond acceptors (Lipinski definition) is 3. The van der Waals surface area contributed by atoms with Crippen LogP contribution in [0.3, 0.4) is 0 Å². The van der Waals surface area contributed by atoms with E-state index in [-0.39, 0.29) is 12.3 Å². The molecular formula is C21H21NO2S. The molecule has 1 aliphatic carbocycles. The van der Waals surface area contributed by atoms with Gasteiger partial charge in [0.2, 0.25) is 5.91 Å². The minimum absolute atomic E-state index is 0.00684. The summed E-state index contributed by atoms with van der Waals surface area (Å²) >= 11 is 1.60. The molecule has 1 amide bonds. The zero-order chi connectivity index (χ0) is 17.6. The number of carbonyl (C=O) groups is 1. The van der Waals surface area contributed by atoms with Gasteiger partial charge in [0.1, 0.15) is 5.60 Å². The van der Waals surface area contributed by atoms with Crippen molar-refractivity contribution < 1.29 is 9.90 Å². The molecule has 4 heteroatoms. The molecule has 2 aromatic carbocycles. The number of nitrogens with zero attached hydrogens (tertiary/aromatic N) is 1. The fourth-order valence-corrected chi connectivity index (χ4v) is 5.19. The predicted molar refractivity (Wildman–Crippen MR) is 103 cm³/mol. The van der Waals surface area contributed by atoms with Crippen LogP contribution in [0.1, 0.15) is 30.7 Å². The van der Waals surface area contributed by atoms with E-state index in [1.165, 1.54) is 0 Å². The summed E-state index contributed by atoms with van der Waals surface area (Å²) in [6.07, 6.45) is 0.0888. The normalized spacial score (nSPS) is 18.2. The van der Waals surface area contributed by atoms with Gasteiger partial charge in [-0.25, -0.2) is 0 Å². The molecule has 1 aliphatic rings. The first-order chi connectivity index (χ1) is 12.1. The van der Waals surface area contributed by atoms with E-state index in [4.69, 9.17) is 0 Å². The minimum atomic E-state index is -1.24. The topological polar surface area (TPSA) is 40.5 Å². The van der Waals surface area contributed by atoms with Gasteiger partial charge in [-0.1, -0.05) is 42.5 Å². The van der Waals surface area contributed by atoms with Crippen molar-refractivity contribution in [1.29, 1.82) is 0 Å². The summed E-state index contributed by atoms with van der Waals surface area (Å²) in [5.74, 6) is -0.00684. The second-order valence-corrected chi connectivity index (χ2v) is 7.50. The lowest BCUT2D eigenvalue weighted by Crippen LogP contribution is -2.37. The molecule has 0 aliphatic heterocycles. The number of fused-ring (bicyclic) bond motifs is 5. The molecule has 0 unspecified atom stereocenters. The van der Waals surface area contributed by atoms with Gasteiger partial charge in [-0.15, -0.1) is 11.3 Å². The van der Waals surface area contributed by atoms with Crippen LogP contribution in [0.4, 0.5) is 0 Å². The van der Waals surface area contributed by atoms with Crippen LogP contribution >= 0.6 is 11.3 Å². The smallest absolute Gasteiger partial charge is 0.226 e. The van der Waals surface area contributed by atoms with Gasteiger partial charge in [-0.2, -0.15) is 0 Å². The van der Waals surface area contributed by atoms with Crippen molar-refractivity contribution in [3.8, 4) is 11.1 Å². The average Bonchev–Trinajstić information content (AvgIpc) is 3.12.